The Bertz CT molecular complexity index is 1370. The quantitative estimate of drug-likeness (QED) is 0.337. The molecule has 1 aliphatic carbocycles. The fourth-order valence-electron chi connectivity index (χ4n) is 5.80. The summed E-state index contributed by atoms with van der Waals surface area (Å²) in [5.41, 5.74) is 5.88. The van der Waals surface area contributed by atoms with Crippen LogP contribution in [-0.4, -0.2) is 44.8 Å². The number of piperidine rings is 1. The molecule has 2 aromatic carbocycles. The van der Waals surface area contributed by atoms with E-state index in [9.17, 15) is 10.0 Å². The SMILES string of the molecule is Cc1cc2c(B(O)O)cccc2n1-c1nc2c(c(NCc3ccccc3)n1)CC1CCNCC1C2. The van der Waals surface area contributed by atoms with Crippen molar-refractivity contribution in [2.75, 3.05) is 18.4 Å². The second-order valence-corrected chi connectivity index (χ2v) is 9.83. The van der Waals surface area contributed by atoms with Crippen LogP contribution in [0.3, 0.4) is 0 Å². The summed E-state index contributed by atoms with van der Waals surface area (Å²) in [5.74, 6) is 2.79. The van der Waals surface area contributed by atoms with E-state index in [0.717, 1.165) is 54.0 Å². The number of hydrogen-bond donors (Lipinski definition) is 4. The molecule has 4 aromatic rings. The average Bonchev–Trinajstić information content (AvgIpc) is 3.22. The van der Waals surface area contributed by atoms with Crippen molar-refractivity contribution in [2.24, 2.45) is 11.8 Å². The van der Waals surface area contributed by atoms with Gasteiger partial charge >= 0.3 is 7.12 Å². The predicted octanol–water partition coefficient (Wildman–Crippen LogP) is 2.35. The minimum Gasteiger partial charge on any atom is -0.423 e. The highest BCUT2D eigenvalue weighted by molar-refractivity contribution is 6.61. The Morgan fingerprint density at radius 2 is 1.91 bits per heavy atom. The second kappa shape index (κ2) is 9.11. The summed E-state index contributed by atoms with van der Waals surface area (Å²) in [6, 6.07) is 17.9. The molecule has 6 rings (SSSR count). The first-order valence-corrected chi connectivity index (χ1v) is 12.4. The molecule has 4 N–H and O–H groups in total. The van der Waals surface area contributed by atoms with Crippen LogP contribution >= 0.6 is 0 Å². The average molecular weight is 467 g/mol. The summed E-state index contributed by atoms with van der Waals surface area (Å²) < 4.78 is 2.03. The summed E-state index contributed by atoms with van der Waals surface area (Å²) in [5, 5.41) is 27.7. The molecule has 0 radical (unpaired) electrons. The Balaban J connectivity index is 1.47. The smallest absolute Gasteiger partial charge is 0.423 e. The first-order chi connectivity index (χ1) is 17.1. The molecule has 0 bridgehead atoms. The van der Waals surface area contributed by atoms with E-state index < -0.39 is 7.12 Å². The Kier molecular flexibility index (Phi) is 5.80. The highest BCUT2D eigenvalue weighted by Gasteiger charge is 2.34. The van der Waals surface area contributed by atoms with Crippen LogP contribution in [0.25, 0.3) is 16.9 Å². The molecule has 35 heavy (non-hydrogen) atoms. The standard InChI is InChI=1S/C27H30BN5O2/c1-17-12-21-23(28(34)35)8-5-9-25(21)33(17)27-31-24-14-20-16-29-11-10-19(20)13-22(24)26(32-27)30-15-18-6-3-2-4-7-18/h2-9,12,19-20,29,34-35H,10-11,13-16H2,1H3,(H,30,31,32). The van der Waals surface area contributed by atoms with Crippen LogP contribution in [-0.2, 0) is 19.4 Å². The van der Waals surface area contributed by atoms with Gasteiger partial charge in [-0.05, 0) is 74.3 Å². The number of aromatic nitrogens is 3. The molecular formula is C27H30BN5O2. The van der Waals surface area contributed by atoms with Gasteiger partial charge in [0.05, 0.1) is 11.2 Å². The highest BCUT2D eigenvalue weighted by Crippen LogP contribution is 2.36. The van der Waals surface area contributed by atoms with Crippen molar-refractivity contribution in [1.82, 2.24) is 19.9 Å². The number of rotatable bonds is 5. The first-order valence-electron chi connectivity index (χ1n) is 12.4. The number of fused-ring (bicyclic) bond motifs is 3. The van der Waals surface area contributed by atoms with Crippen LogP contribution in [0.15, 0.2) is 54.6 Å². The van der Waals surface area contributed by atoms with E-state index in [4.69, 9.17) is 9.97 Å². The number of anilines is 1. The van der Waals surface area contributed by atoms with Gasteiger partial charge in [0, 0.05) is 23.2 Å². The molecule has 0 spiro atoms. The zero-order chi connectivity index (χ0) is 23.9. The van der Waals surface area contributed by atoms with E-state index in [2.05, 4.69) is 34.9 Å². The van der Waals surface area contributed by atoms with Gasteiger partial charge in [-0.2, -0.15) is 4.98 Å². The number of benzene rings is 2. The molecule has 2 aliphatic rings. The van der Waals surface area contributed by atoms with Gasteiger partial charge in [0.1, 0.15) is 5.82 Å². The summed E-state index contributed by atoms with van der Waals surface area (Å²) >= 11 is 0. The Morgan fingerprint density at radius 1 is 1.06 bits per heavy atom. The van der Waals surface area contributed by atoms with Crippen LogP contribution < -0.4 is 16.1 Å². The lowest BCUT2D eigenvalue weighted by molar-refractivity contribution is 0.235. The molecule has 8 heteroatoms. The van der Waals surface area contributed by atoms with Crippen molar-refractivity contribution < 1.29 is 10.0 Å². The van der Waals surface area contributed by atoms with Crippen molar-refractivity contribution in [3.05, 3.63) is 77.1 Å². The van der Waals surface area contributed by atoms with Crippen molar-refractivity contribution in [2.45, 2.75) is 32.7 Å². The molecule has 1 fully saturated rings. The first kappa shape index (κ1) is 22.3. The van der Waals surface area contributed by atoms with Gasteiger partial charge in [-0.1, -0.05) is 42.5 Å². The van der Waals surface area contributed by atoms with Gasteiger partial charge in [0.2, 0.25) is 5.95 Å². The minimum atomic E-state index is -1.53. The third-order valence-corrected chi connectivity index (χ3v) is 7.61. The molecule has 1 saturated heterocycles. The van der Waals surface area contributed by atoms with E-state index >= 15 is 0 Å². The lowest BCUT2D eigenvalue weighted by atomic mass is 9.74. The Morgan fingerprint density at radius 3 is 2.74 bits per heavy atom. The molecule has 178 valence electrons. The van der Waals surface area contributed by atoms with E-state index in [1.165, 1.54) is 17.5 Å². The number of hydrogen-bond acceptors (Lipinski definition) is 6. The van der Waals surface area contributed by atoms with Crippen molar-refractivity contribution in [3.63, 3.8) is 0 Å². The largest absolute Gasteiger partial charge is 0.489 e. The predicted molar refractivity (Wildman–Crippen MR) is 139 cm³/mol. The monoisotopic (exact) mass is 467 g/mol. The number of aryl methyl sites for hydroxylation is 1. The molecule has 3 heterocycles. The van der Waals surface area contributed by atoms with Gasteiger partial charge in [-0.15, -0.1) is 0 Å². The summed E-state index contributed by atoms with van der Waals surface area (Å²) in [4.78, 5) is 10.2. The van der Waals surface area contributed by atoms with Crippen LogP contribution in [0.1, 0.15) is 28.9 Å². The van der Waals surface area contributed by atoms with E-state index in [-0.39, 0.29) is 0 Å². The summed E-state index contributed by atoms with van der Waals surface area (Å²) in [7, 11) is -1.53. The maximum absolute atomic E-state index is 9.88. The van der Waals surface area contributed by atoms with E-state index in [1.54, 1.807) is 6.07 Å². The lowest BCUT2D eigenvalue weighted by Gasteiger charge is -2.37. The molecule has 0 saturated carbocycles. The molecular weight excluding hydrogens is 437 g/mol. The third kappa shape index (κ3) is 4.12. The van der Waals surface area contributed by atoms with Gasteiger partial charge in [0.15, 0.2) is 0 Å². The van der Waals surface area contributed by atoms with Gasteiger partial charge in [-0.25, -0.2) is 4.98 Å². The van der Waals surface area contributed by atoms with Crippen LogP contribution in [0.4, 0.5) is 5.82 Å². The summed E-state index contributed by atoms with van der Waals surface area (Å²) in [6.07, 6.45) is 3.14. The van der Waals surface area contributed by atoms with Crippen molar-refractivity contribution in [3.8, 4) is 5.95 Å². The van der Waals surface area contributed by atoms with Gasteiger partial charge < -0.3 is 20.7 Å². The fourth-order valence-corrected chi connectivity index (χ4v) is 5.80. The van der Waals surface area contributed by atoms with Crippen LogP contribution in [0.5, 0.6) is 0 Å². The van der Waals surface area contributed by atoms with E-state index in [0.29, 0.717) is 29.8 Å². The molecule has 2 unspecified atom stereocenters. The maximum atomic E-state index is 9.88. The number of nitrogens with one attached hydrogen (secondary N) is 2. The zero-order valence-corrected chi connectivity index (χ0v) is 19.9. The minimum absolute atomic E-state index is 0.487. The van der Waals surface area contributed by atoms with Crippen molar-refractivity contribution >= 4 is 29.3 Å². The highest BCUT2D eigenvalue weighted by atomic mass is 16.4. The number of nitrogens with zero attached hydrogens (tertiary/aromatic N) is 3. The molecule has 7 nitrogen and oxygen atoms in total. The zero-order valence-electron chi connectivity index (χ0n) is 19.9. The van der Waals surface area contributed by atoms with Crippen LogP contribution in [0.2, 0.25) is 0 Å². The summed E-state index contributed by atoms with van der Waals surface area (Å²) in [6.45, 7) is 4.83. The second-order valence-electron chi connectivity index (χ2n) is 9.83. The third-order valence-electron chi connectivity index (χ3n) is 7.61. The molecule has 1 aliphatic heterocycles. The molecule has 2 aromatic heterocycles. The van der Waals surface area contributed by atoms with Crippen molar-refractivity contribution in [1.29, 1.82) is 0 Å². The molecule has 2 atom stereocenters. The Labute approximate surface area is 205 Å². The Hall–Kier alpha value is -3.20. The van der Waals surface area contributed by atoms with E-state index in [1.807, 2.05) is 35.8 Å². The maximum Gasteiger partial charge on any atom is 0.489 e. The normalized spacial score (nSPS) is 19.3. The topological polar surface area (TPSA) is 95.2 Å². The fraction of sp³-hybridized carbons (Fsp3) is 0.333. The van der Waals surface area contributed by atoms with Gasteiger partial charge in [-0.3, -0.25) is 4.57 Å². The van der Waals surface area contributed by atoms with Gasteiger partial charge in [0.25, 0.3) is 0 Å². The lowest BCUT2D eigenvalue weighted by Crippen LogP contribution is -2.41. The van der Waals surface area contributed by atoms with Crippen LogP contribution in [0, 0.1) is 18.8 Å². The molecule has 0 amide bonds.